The second-order valence-electron chi connectivity index (χ2n) is 3.98. The number of aryl methyl sites for hydroxylation is 2. The quantitative estimate of drug-likeness (QED) is 0.727. The second-order valence-corrected chi connectivity index (χ2v) is 3.98. The molecule has 1 rings (SSSR count). The molecule has 1 aromatic rings. The predicted molar refractivity (Wildman–Crippen MR) is 64.2 cm³/mol. The summed E-state index contributed by atoms with van der Waals surface area (Å²) in [4.78, 5) is 0. The van der Waals surface area contributed by atoms with Crippen molar-refractivity contribution in [1.82, 2.24) is 15.1 Å². The van der Waals surface area contributed by atoms with E-state index < -0.39 is 0 Å². The normalized spacial score (nSPS) is 10.9. The Morgan fingerprint density at radius 1 is 1.27 bits per heavy atom. The van der Waals surface area contributed by atoms with Crippen LogP contribution < -0.4 is 5.32 Å². The van der Waals surface area contributed by atoms with E-state index >= 15 is 0 Å². The van der Waals surface area contributed by atoms with Gasteiger partial charge in [-0.1, -0.05) is 13.8 Å². The third-order valence-corrected chi connectivity index (χ3v) is 2.77. The molecule has 0 saturated carbocycles. The number of likely N-dealkylation sites (N-methyl/N-ethyl adjacent to an activating group) is 1. The van der Waals surface area contributed by atoms with E-state index in [1.54, 1.807) is 0 Å². The zero-order valence-corrected chi connectivity index (χ0v) is 10.4. The van der Waals surface area contributed by atoms with Gasteiger partial charge in [0.25, 0.3) is 0 Å². The average molecular weight is 209 g/mol. The summed E-state index contributed by atoms with van der Waals surface area (Å²) in [7, 11) is 0. The number of nitrogens with one attached hydrogen (secondary N) is 1. The molecule has 0 saturated heterocycles. The fourth-order valence-corrected chi connectivity index (χ4v) is 1.92. The number of hydrogen-bond acceptors (Lipinski definition) is 2. The molecule has 1 heterocycles. The monoisotopic (exact) mass is 209 g/mol. The van der Waals surface area contributed by atoms with Crippen molar-refractivity contribution in [2.75, 3.05) is 13.1 Å². The lowest BCUT2D eigenvalue weighted by atomic mass is 10.1. The lowest BCUT2D eigenvalue weighted by molar-refractivity contribution is 0.582. The Balaban J connectivity index is 2.69. The summed E-state index contributed by atoms with van der Waals surface area (Å²) in [5.74, 6) is 0. The smallest absolute Gasteiger partial charge is 0.0628 e. The molecule has 0 unspecified atom stereocenters. The van der Waals surface area contributed by atoms with Crippen molar-refractivity contribution in [1.29, 1.82) is 0 Å². The van der Waals surface area contributed by atoms with Crippen LogP contribution in [-0.4, -0.2) is 22.9 Å². The maximum atomic E-state index is 4.57. The van der Waals surface area contributed by atoms with Crippen LogP contribution in [0.4, 0.5) is 0 Å². The van der Waals surface area contributed by atoms with Crippen molar-refractivity contribution in [3.05, 3.63) is 17.0 Å². The van der Waals surface area contributed by atoms with Crippen LogP contribution >= 0.6 is 0 Å². The summed E-state index contributed by atoms with van der Waals surface area (Å²) >= 11 is 0. The molecule has 0 aromatic carbocycles. The molecule has 3 nitrogen and oxygen atoms in total. The minimum absolute atomic E-state index is 1.04. The molecular weight excluding hydrogens is 186 g/mol. The summed E-state index contributed by atoms with van der Waals surface area (Å²) < 4.78 is 2.14. The maximum Gasteiger partial charge on any atom is 0.0628 e. The first-order valence-corrected chi connectivity index (χ1v) is 5.94. The van der Waals surface area contributed by atoms with Crippen molar-refractivity contribution in [3.8, 4) is 0 Å². The molecule has 0 aliphatic heterocycles. The summed E-state index contributed by atoms with van der Waals surface area (Å²) in [6.45, 7) is 11.7. The predicted octanol–water partition coefficient (Wildman–Crippen LogP) is 2.06. The molecule has 1 aromatic heterocycles. The molecular formula is C12H23N3. The lowest BCUT2D eigenvalue weighted by Crippen LogP contribution is -2.16. The van der Waals surface area contributed by atoms with Gasteiger partial charge in [-0.15, -0.1) is 0 Å². The zero-order valence-electron chi connectivity index (χ0n) is 10.4. The van der Waals surface area contributed by atoms with E-state index in [-0.39, 0.29) is 0 Å². The molecule has 1 N–H and O–H groups in total. The molecule has 0 spiro atoms. The van der Waals surface area contributed by atoms with Crippen LogP contribution in [0.3, 0.4) is 0 Å². The third-order valence-electron chi connectivity index (χ3n) is 2.77. The van der Waals surface area contributed by atoms with Crippen molar-refractivity contribution in [2.45, 2.75) is 47.1 Å². The van der Waals surface area contributed by atoms with Crippen LogP contribution in [0, 0.1) is 13.8 Å². The van der Waals surface area contributed by atoms with Crippen molar-refractivity contribution < 1.29 is 0 Å². The lowest BCUT2D eigenvalue weighted by Gasteiger charge is -2.04. The van der Waals surface area contributed by atoms with Crippen LogP contribution in [0.1, 0.15) is 37.2 Å². The first-order chi connectivity index (χ1) is 7.20. The van der Waals surface area contributed by atoms with E-state index in [0.29, 0.717) is 0 Å². The van der Waals surface area contributed by atoms with Gasteiger partial charge in [0.05, 0.1) is 5.69 Å². The molecule has 0 fully saturated rings. The van der Waals surface area contributed by atoms with Gasteiger partial charge in [-0.05, 0) is 45.3 Å². The van der Waals surface area contributed by atoms with Crippen molar-refractivity contribution in [2.24, 2.45) is 0 Å². The molecule has 0 aliphatic carbocycles. The maximum absolute atomic E-state index is 4.57. The molecule has 15 heavy (non-hydrogen) atoms. The third kappa shape index (κ3) is 3.06. The largest absolute Gasteiger partial charge is 0.317 e. The number of hydrogen-bond donors (Lipinski definition) is 1. The molecule has 86 valence electrons. The summed E-state index contributed by atoms with van der Waals surface area (Å²) in [5, 5.41) is 7.92. The van der Waals surface area contributed by atoms with Gasteiger partial charge in [0.15, 0.2) is 0 Å². The van der Waals surface area contributed by atoms with Crippen LogP contribution in [-0.2, 0) is 13.0 Å². The van der Waals surface area contributed by atoms with Gasteiger partial charge in [0.1, 0.15) is 0 Å². The molecule has 3 heteroatoms. The van der Waals surface area contributed by atoms with Crippen LogP contribution in [0.5, 0.6) is 0 Å². The molecule has 0 bridgehead atoms. The van der Waals surface area contributed by atoms with E-state index in [0.717, 1.165) is 32.5 Å². The van der Waals surface area contributed by atoms with Gasteiger partial charge in [-0.25, -0.2) is 0 Å². The molecule has 0 aliphatic rings. The van der Waals surface area contributed by atoms with Crippen molar-refractivity contribution in [3.63, 3.8) is 0 Å². The Labute approximate surface area is 92.9 Å². The standard InChI is InChI=1S/C12H23N3/c1-5-9-15-11(4)12(10(3)14-15)7-8-13-6-2/h13H,5-9H2,1-4H3. The number of rotatable bonds is 6. The van der Waals surface area contributed by atoms with Crippen LogP contribution in [0.15, 0.2) is 0 Å². The van der Waals surface area contributed by atoms with Gasteiger partial charge in [-0.3, -0.25) is 4.68 Å². The molecule has 0 amide bonds. The van der Waals surface area contributed by atoms with Gasteiger partial charge in [-0.2, -0.15) is 5.10 Å². The highest BCUT2D eigenvalue weighted by molar-refractivity contribution is 5.24. The van der Waals surface area contributed by atoms with Gasteiger partial charge >= 0.3 is 0 Å². The van der Waals surface area contributed by atoms with Gasteiger partial charge in [0, 0.05) is 12.2 Å². The average Bonchev–Trinajstić information content (AvgIpc) is 2.46. The summed E-state index contributed by atoms with van der Waals surface area (Å²) in [6.07, 6.45) is 2.24. The topological polar surface area (TPSA) is 29.9 Å². The highest BCUT2D eigenvalue weighted by Gasteiger charge is 2.09. The van der Waals surface area contributed by atoms with Crippen LogP contribution in [0.25, 0.3) is 0 Å². The Morgan fingerprint density at radius 3 is 2.60 bits per heavy atom. The summed E-state index contributed by atoms with van der Waals surface area (Å²) in [6, 6.07) is 0. The highest BCUT2D eigenvalue weighted by Crippen LogP contribution is 2.13. The minimum Gasteiger partial charge on any atom is -0.317 e. The fraction of sp³-hybridized carbons (Fsp3) is 0.750. The summed E-state index contributed by atoms with van der Waals surface area (Å²) in [5.41, 5.74) is 3.95. The Kier molecular flexibility index (Phi) is 4.82. The van der Waals surface area contributed by atoms with E-state index in [4.69, 9.17) is 0 Å². The first-order valence-electron chi connectivity index (χ1n) is 5.94. The fourth-order valence-electron chi connectivity index (χ4n) is 1.92. The zero-order chi connectivity index (χ0) is 11.3. The number of aromatic nitrogens is 2. The Morgan fingerprint density at radius 2 is 2.00 bits per heavy atom. The Hall–Kier alpha value is -0.830. The van der Waals surface area contributed by atoms with E-state index in [2.05, 4.69) is 42.8 Å². The Bertz CT molecular complexity index is 302. The van der Waals surface area contributed by atoms with E-state index in [1.165, 1.54) is 17.0 Å². The van der Waals surface area contributed by atoms with E-state index in [9.17, 15) is 0 Å². The van der Waals surface area contributed by atoms with Crippen molar-refractivity contribution >= 4 is 0 Å². The number of nitrogens with zero attached hydrogens (tertiary/aromatic N) is 2. The second kappa shape index (κ2) is 5.91. The minimum atomic E-state index is 1.04. The van der Waals surface area contributed by atoms with E-state index in [1.807, 2.05) is 0 Å². The highest BCUT2D eigenvalue weighted by atomic mass is 15.3. The molecule has 0 atom stereocenters. The van der Waals surface area contributed by atoms with Gasteiger partial charge in [0.2, 0.25) is 0 Å². The van der Waals surface area contributed by atoms with Gasteiger partial charge < -0.3 is 5.32 Å². The first kappa shape index (κ1) is 12.2. The molecule has 0 radical (unpaired) electrons. The SMILES string of the molecule is CCCn1nc(C)c(CCNCC)c1C. The van der Waals surface area contributed by atoms with Crippen LogP contribution in [0.2, 0.25) is 0 Å².